The number of rotatable bonds is 9. The summed E-state index contributed by atoms with van der Waals surface area (Å²) < 4.78 is 44.3. The van der Waals surface area contributed by atoms with E-state index in [9.17, 15) is 22.8 Å². The Morgan fingerprint density at radius 3 is 2.45 bits per heavy atom. The molecule has 1 fully saturated rings. The number of nitrogens with two attached hydrogens (primary N) is 1. The molecule has 0 saturated carbocycles. The fourth-order valence-corrected chi connectivity index (χ4v) is 5.14. The first kappa shape index (κ1) is 30.6. The molecule has 1 amide bonds. The summed E-state index contributed by atoms with van der Waals surface area (Å²) in [5.74, 6) is 0.261. The molecule has 4 rings (SSSR count). The summed E-state index contributed by atoms with van der Waals surface area (Å²) in [7, 11) is 1.60. The number of carbonyl (C=O) groups is 2. The Hall–Kier alpha value is -4.34. The molecule has 1 aromatic heterocycles. The normalized spacial score (nSPS) is 17.3. The van der Waals surface area contributed by atoms with Crippen molar-refractivity contribution in [3.63, 3.8) is 0 Å². The van der Waals surface area contributed by atoms with Gasteiger partial charge in [-0.2, -0.15) is 13.2 Å². The van der Waals surface area contributed by atoms with Gasteiger partial charge >= 0.3 is 6.18 Å². The lowest BCUT2D eigenvalue weighted by Crippen LogP contribution is -2.51. The van der Waals surface area contributed by atoms with Crippen molar-refractivity contribution in [1.82, 2.24) is 9.88 Å². The van der Waals surface area contributed by atoms with Crippen LogP contribution in [-0.2, 0) is 23.9 Å². The van der Waals surface area contributed by atoms with E-state index in [0.717, 1.165) is 23.4 Å². The Kier molecular flexibility index (Phi) is 9.23. The number of ketones is 1. The number of H-pyrrole nitrogens is 1. The number of likely N-dealkylation sites (tertiary alicyclic amines) is 1. The van der Waals surface area contributed by atoms with Gasteiger partial charge in [-0.3, -0.25) is 14.6 Å². The highest BCUT2D eigenvalue weighted by molar-refractivity contribution is 6.12. The minimum absolute atomic E-state index is 0.0453. The fourth-order valence-electron chi connectivity index (χ4n) is 5.14. The van der Waals surface area contributed by atoms with Gasteiger partial charge < -0.3 is 20.4 Å². The number of halogens is 3. The number of aromatic nitrogens is 1. The van der Waals surface area contributed by atoms with E-state index in [2.05, 4.69) is 4.98 Å². The average molecular weight is 581 g/mol. The Morgan fingerprint density at radius 1 is 1.07 bits per heavy atom. The highest BCUT2D eigenvalue weighted by atomic mass is 19.4. The molecule has 1 aliphatic rings. The second kappa shape index (κ2) is 12.7. The highest BCUT2D eigenvalue weighted by Crippen LogP contribution is 2.33. The van der Waals surface area contributed by atoms with Crippen LogP contribution in [0.1, 0.15) is 53.9 Å². The summed E-state index contributed by atoms with van der Waals surface area (Å²) in [4.78, 5) is 35.9. The molecule has 0 unspecified atom stereocenters. The van der Waals surface area contributed by atoms with Gasteiger partial charge in [0.05, 0.1) is 31.5 Å². The van der Waals surface area contributed by atoms with Gasteiger partial charge in [0.1, 0.15) is 11.4 Å². The second-order valence-electron chi connectivity index (χ2n) is 11.0. The quantitative estimate of drug-likeness (QED) is 0.305. The molecule has 0 spiro atoms. The maximum Gasteiger partial charge on any atom is 0.416 e. The summed E-state index contributed by atoms with van der Waals surface area (Å²) in [5, 5.41) is 0. The highest BCUT2D eigenvalue weighted by Gasteiger charge is 2.40. The Morgan fingerprint density at radius 2 is 1.81 bits per heavy atom. The van der Waals surface area contributed by atoms with E-state index in [1.54, 1.807) is 30.3 Å². The van der Waals surface area contributed by atoms with E-state index in [0.29, 0.717) is 41.9 Å². The van der Waals surface area contributed by atoms with Crippen molar-refractivity contribution in [3.8, 4) is 5.75 Å². The minimum Gasteiger partial charge on any atom is -0.497 e. The molecule has 0 aliphatic carbocycles. The number of nitrogens with zero attached hydrogens (tertiary/aromatic N) is 2. The molecule has 10 heteroatoms. The molecule has 1 aliphatic heterocycles. The van der Waals surface area contributed by atoms with Crippen LogP contribution in [0.25, 0.3) is 0 Å². The van der Waals surface area contributed by atoms with Crippen molar-refractivity contribution in [2.24, 2.45) is 16.1 Å². The SMILES string of the molecule is COc1cccc(CCCC(=O)/C(N)=C2\CN(C(=O)c3ccc[nH]3)CC(C)(C)C2=NCc2ccc(C(F)(F)F)cc2)c1. The number of methoxy groups -OCH3 is 1. The summed E-state index contributed by atoms with van der Waals surface area (Å²) in [6, 6.07) is 15.9. The third kappa shape index (κ3) is 7.29. The van der Waals surface area contributed by atoms with E-state index >= 15 is 0 Å². The van der Waals surface area contributed by atoms with Crippen LogP contribution in [0, 0.1) is 5.41 Å². The first-order valence-electron chi connectivity index (χ1n) is 13.7. The molecule has 0 atom stereocenters. The van der Waals surface area contributed by atoms with Crippen molar-refractivity contribution in [1.29, 1.82) is 0 Å². The van der Waals surface area contributed by atoms with Crippen LogP contribution in [0.2, 0.25) is 0 Å². The Labute approximate surface area is 243 Å². The van der Waals surface area contributed by atoms with Crippen molar-refractivity contribution in [2.45, 2.75) is 45.8 Å². The van der Waals surface area contributed by atoms with E-state index in [4.69, 9.17) is 15.5 Å². The monoisotopic (exact) mass is 580 g/mol. The third-order valence-corrected chi connectivity index (χ3v) is 7.31. The lowest BCUT2D eigenvalue weighted by Gasteiger charge is -2.41. The molecule has 7 nitrogen and oxygen atoms in total. The van der Waals surface area contributed by atoms with Gasteiger partial charge in [-0.25, -0.2) is 0 Å². The minimum atomic E-state index is -4.43. The second-order valence-corrected chi connectivity index (χ2v) is 11.0. The van der Waals surface area contributed by atoms with Gasteiger partial charge in [0, 0.05) is 35.9 Å². The summed E-state index contributed by atoms with van der Waals surface area (Å²) >= 11 is 0. The molecule has 3 aromatic rings. The van der Waals surface area contributed by atoms with Crippen LogP contribution < -0.4 is 10.5 Å². The zero-order valence-electron chi connectivity index (χ0n) is 23.9. The largest absolute Gasteiger partial charge is 0.497 e. The molecule has 2 heterocycles. The first-order chi connectivity index (χ1) is 19.9. The van der Waals surface area contributed by atoms with Crippen LogP contribution in [0.3, 0.4) is 0 Å². The number of aromatic amines is 1. The van der Waals surface area contributed by atoms with Gasteiger partial charge in [-0.15, -0.1) is 0 Å². The number of amides is 1. The fraction of sp³-hybridized carbons (Fsp3) is 0.344. The molecule has 0 bridgehead atoms. The van der Waals surface area contributed by atoms with Gasteiger partial charge in [0.15, 0.2) is 5.78 Å². The maximum atomic E-state index is 13.3. The van der Waals surface area contributed by atoms with Crippen molar-refractivity contribution in [2.75, 3.05) is 20.2 Å². The number of piperidine rings is 1. The average Bonchev–Trinajstić information content (AvgIpc) is 3.50. The number of aryl methyl sites for hydroxylation is 1. The zero-order valence-corrected chi connectivity index (χ0v) is 23.9. The van der Waals surface area contributed by atoms with Crippen LogP contribution in [0.4, 0.5) is 13.2 Å². The van der Waals surface area contributed by atoms with E-state index < -0.39 is 17.2 Å². The molecule has 222 valence electrons. The number of allylic oxidation sites excluding steroid dienone is 1. The van der Waals surface area contributed by atoms with Crippen LogP contribution in [-0.4, -0.2) is 47.5 Å². The standard InChI is InChI=1S/C32H35F3N4O3/c1-31(2)20-39(30(41)26-10-6-16-37-26)19-25(29(31)38-18-22-12-14-23(15-13-22)32(33,34)35)28(36)27(40)11-5-8-21-7-4-9-24(17-21)42-3/h4,6-7,9-10,12-17,37H,5,8,11,18-20,36H2,1-3H3/b28-25-,38-29?. The van der Waals surface area contributed by atoms with Crippen LogP contribution in [0.5, 0.6) is 5.75 Å². The van der Waals surface area contributed by atoms with Gasteiger partial charge in [-0.05, 0) is 60.4 Å². The molecule has 0 radical (unpaired) electrons. The maximum absolute atomic E-state index is 13.3. The van der Waals surface area contributed by atoms with Crippen molar-refractivity contribution >= 4 is 17.4 Å². The van der Waals surface area contributed by atoms with E-state index in [1.807, 2.05) is 38.1 Å². The van der Waals surface area contributed by atoms with E-state index in [1.165, 1.54) is 12.1 Å². The smallest absolute Gasteiger partial charge is 0.416 e. The van der Waals surface area contributed by atoms with E-state index in [-0.39, 0.29) is 36.9 Å². The first-order valence-corrected chi connectivity index (χ1v) is 13.7. The summed E-state index contributed by atoms with van der Waals surface area (Å²) in [6.45, 7) is 4.32. The van der Waals surface area contributed by atoms with Crippen molar-refractivity contribution in [3.05, 3.63) is 101 Å². The van der Waals surface area contributed by atoms with Gasteiger partial charge in [0.25, 0.3) is 5.91 Å². The molecular formula is C32H35F3N4O3. The Bertz CT molecular complexity index is 1470. The lowest BCUT2D eigenvalue weighted by atomic mass is 9.77. The summed E-state index contributed by atoms with van der Waals surface area (Å²) in [6.07, 6.45) is -1.35. The topological polar surface area (TPSA) is 101 Å². The number of benzene rings is 2. The lowest BCUT2D eigenvalue weighted by molar-refractivity contribution is -0.137. The number of hydrogen-bond donors (Lipinski definition) is 2. The number of Topliss-reactive ketones (excluding diaryl/α,β-unsaturated/α-hetero) is 1. The Balaban J connectivity index is 1.60. The molecule has 2 aromatic carbocycles. The molecule has 3 N–H and O–H groups in total. The predicted octanol–water partition coefficient (Wildman–Crippen LogP) is 5.97. The summed E-state index contributed by atoms with van der Waals surface area (Å²) in [5.41, 5.74) is 8.19. The van der Waals surface area contributed by atoms with Crippen molar-refractivity contribution < 1.29 is 27.5 Å². The molecule has 1 saturated heterocycles. The number of ether oxygens (including phenoxy) is 1. The van der Waals surface area contributed by atoms with Gasteiger partial charge in [0.2, 0.25) is 0 Å². The number of alkyl halides is 3. The third-order valence-electron chi connectivity index (χ3n) is 7.31. The molecular weight excluding hydrogens is 545 g/mol. The number of aliphatic imine (C=N–C) groups is 1. The van der Waals surface area contributed by atoms with Crippen LogP contribution >= 0.6 is 0 Å². The zero-order chi connectivity index (χ0) is 30.5. The van der Waals surface area contributed by atoms with Crippen LogP contribution in [0.15, 0.2) is 83.1 Å². The van der Waals surface area contributed by atoms with Gasteiger partial charge in [-0.1, -0.05) is 38.1 Å². The number of nitrogens with one attached hydrogen (secondary N) is 1. The molecule has 42 heavy (non-hydrogen) atoms. The number of carbonyl (C=O) groups excluding carboxylic acids is 2. The number of hydrogen-bond acceptors (Lipinski definition) is 5. The predicted molar refractivity (Wildman–Crippen MR) is 155 cm³/mol.